The Morgan fingerprint density at radius 2 is 1.71 bits per heavy atom. The second-order valence-electron chi connectivity index (χ2n) is 14.3. The number of anilines is 2. The van der Waals surface area contributed by atoms with Gasteiger partial charge in [-0.15, -0.1) is 0 Å². The quantitative estimate of drug-likeness (QED) is 0.205. The number of hydrogen-bond donors (Lipinski definition) is 4. The van der Waals surface area contributed by atoms with E-state index in [0.29, 0.717) is 30.2 Å². The first-order valence-corrected chi connectivity index (χ1v) is 18.5. The molecule has 5 amide bonds. The number of amides is 5. The molecule has 4 N–H and O–H groups in total. The van der Waals surface area contributed by atoms with E-state index >= 15 is 0 Å². The van der Waals surface area contributed by atoms with Crippen LogP contribution in [0.3, 0.4) is 0 Å². The number of rotatable bonds is 7. The lowest BCUT2D eigenvalue weighted by atomic mass is 9.96. The van der Waals surface area contributed by atoms with E-state index in [1.807, 2.05) is 56.3 Å². The van der Waals surface area contributed by atoms with Crippen molar-refractivity contribution in [2.24, 2.45) is 5.92 Å². The number of aliphatic hydroxyl groups excluding tert-OH is 1. The number of fused-ring (bicyclic) bond motifs is 2. The third kappa shape index (κ3) is 10.4. The van der Waals surface area contributed by atoms with Crippen LogP contribution in [-0.4, -0.2) is 90.5 Å². The van der Waals surface area contributed by atoms with Crippen LogP contribution >= 0.6 is 0 Å². The maximum Gasteiger partial charge on any atom is 0.321 e. The molecule has 0 radical (unpaired) electrons. The third-order valence-electron chi connectivity index (χ3n) is 10.1. The van der Waals surface area contributed by atoms with Crippen LogP contribution < -0.4 is 20.7 Å². The number of carbonyl (C=O) groups is 3. The highest BCUT2D eigenvalue weighted by atomic mass is 16.5. The Balaban J connectivity index is 1.35. The van der Waals surface area contributed by atoms with E-state index in [9.17, 15) is 19.5 Å². The first kappa shape index (κ1) is 37.9. The number of nitrogens with one attached hydrogen (secondary N) is 3. The number of urea groups is 2. The molecule has 0 saturated heterocycles. The molecular weight excluding hydrogens is 646 g/mol. The van der Waals surface area contributed by atoms with Gasteiger partial charge in [-0.2, -0.15) is 0 Å². The maximum absolute atomic E-state index is 14.5. The molecule has 1 saturated carbocycles. The second-order valence-corrected chi connectivity index (χ2v) is 14.3. The highest BCUT2D eigenvalue weighted by molar-refractivity contribution is 6.01. The molecule has 1 aliphatic carbocycles. The van der Waals surface area contributed by atoms with Gasteiger partial charge in [0.25, 0.3) is 5.91 Å². The Morgan fingerprint density at radius 3 is 2.49 bits per heavy atom. The van der Waals surface area contributed by atoms with Gasteiger partial charge < -0.3 is 40.3 Å². The summed E-state index contributed by atoms with van der Waals surface area (Å²) in [6, 6.07) is 18.0. The largest absolute Gasteiger partial charge is 0.490 e. The Bertz CT molecular complexity index is 1620. The summed E-state index contributed by atoms with van der Waals surface area (Å²) in [5.41, 5.74) is 1.53. The molecule has 51 heavy (non-hydrogen) atoms. The number of aliphatic hydroxyl groups is 1. The fraction of sp³-hybridized carbons (Fsp3) is 0.525. The molecule has 1 heterocycles. The molecule has 1 fully saturated rings. The van der Waals surface area contributed by atoms with Crippen LogP contribution in [0.5, 0.6) is 5.75 Å². The van der Waals surface area contributed by atoms with Crippen LogP contribution in [0, 0.1) is 5.92 Å². The highest BCUT2D eigenvalue weighted by Crippen LogP contribution is 2.29. The van der Waals surface area contributed by atoms with E-state index in [0.717, 1.165) is 61.4 Å². The van der Waals surface area contributed by atoms with Crippen molar-refractivity contribution in [1.82, 2.24) is 15.1 Å². The van der Waals surface area contributed by atoms with Gasteiger partial charge in [0, 0.05) is 49.8 Å². The van der Waals surface area contributed by atoms with E-state index in [1.165, 1.54) is 6.42 Å². The lowest BCUT2D eigenvalue weighted by Crippen LogP contribution is -2.48. The summed E-state index contributed by atoms with van der Waals surface area (Å²) in [6.07, 6.45) is 7.19. The second kappa shape index (κ2) is 18.2. The summed E-state index contributed by atoms with van der Waals surface area (Å²) < 4.78 is 12.8. The predicted molar refractivity (Wildman–Crippen MR) is 201 cm³/mol. The fourth-order valence-corrected chi connectivity index (χ4v) is 6.96. The minimum absolute atomic E-state index is 0.141. The van der Waals surface area contributed by atoms with Crippen molar-refractivity contribution in [3.63, 3.8) is 0 Å². The summed E-state index contributed by atoms with van der Waals surface area (Å²) >= 11 is 0. The van der Waals surface area contributed by atoms with Gasteiger partial charge in [-0.3, -0.25) is 4.79 Å². The summed E-state index contributed by atoms with van der Waals surface area (Å²) in [6.45, 7) is 6.60. The first-order valence-electron chi connectivity index (χ1n) is 18.5. The summed E-state index contributed by atoms with van der Waals surface area (Å²) in [5.74, 6) is -0.0902. The fourth-order valence-electron chi connectivity index (χ4n) is 6.96. The SMILES string of the molecule is C[C@@H]1CCCCO[C@H](CN(C)C(=O)Nc2cccc3ccccc23)[C@H](C)CN([C@@H](C)CO)C(=O)c2cc(NC(=O)NC3CCCCC3)ccc2O1. The summed E-state index contributed by atoms with van der Waals surface area (Å²) in [5, 5.41) is 21.3. The van der Waals surface area contributed by atoms with Gasteiger partial charge in [0.1, 0.15) is 5.75 Å². The number of hydrogen-bond acceptors (Lipinski definition) is 6. The number of nitrogens with zero attached hydrogens (tertiary/aromatic N) is 2. The molecule has 0 bridgehead atoms. The topological polar surface area (TPSA) is 132 Å². The van der Waals surface area contributed by atoms with Crippen molar-refractivity contribution < 1.29 is 29.0 Å². The van der Waals surface area contributed by atoms with Gasteiger partial charge in [-0.1, -0.05) is 62.6 Å². The Hall–Kier alpha value is -4.35. The van der Waals surface area contributed by atoms with Gasteiger partial charge in [0.2, 0.25) is 0 Å². The van der Waals surface area contributed by atoms with Crippen molar-refractivity contribution >= 4 is 40.1 Å². The van der Waals surface area contributed by atoms with Gasteiger partial charge >= 0.3 is 12.1 Å². The van der Waals surface area contributed by atoms with Crippen LogP contribution in [0.15, 0.2) is 60.7 Å². The van der Waals surface area contributed by atoms with E-state index in [-0.39, 0.29) is 55.3 Å². The first-order chi connectivity index (χ1) is 24.6. The molecule has 3 aromatic rings. The van der Waals surface area contributed by atoms with Crippen molar-refractivity contribution in [1.29, 1.82) is 0 Å². The van der Waals surface area contributed by atoms with Crippen molar-refractivity contribution in [2.45, 2.75) is 96.4 Å². The summed E-state index contributed by atoms with van der Waals surface area (Å²) in [7, 11) is 1.75. The Kier molecular flexibility index (Phi) is 13.5. The lowest BCUT2D eigenvalue weighted by Gasteiger charge is -2.36. The van der Waals surface area contributed by atoms with Gasteiger partial charge in [-0.05, 0) is 75.6 Å². The zero-order valence-corrected chi connectivity index (χ0v) is 30.5. The van der Waals surface area contributed by atoms with E-state index in [4.69, 9.17) is 9.47 Å². The van der Waals surface area contributed by atoms with E-state index in [1.54, 1.807) is 42.0 Å². The van der Waals surface area contributed by atoms with Crippen molar-refractivity contribution in [3.8, 4) is 5.75 Å². The molecule has 3 aromatic carbocycles. The Labute approximate surface area is 302 Å². The molecule has 1 aliphatic heterocycles. The zero-order valence-electron chi connectivity index (χ0n) is 30.5. The number of benzene rings is 3. The lowest BCUT2D eigenvalue weighted by molar-refractivity contribution is -0.0115. The Morgan fingerprint density at radius 1 is 0.961 bits per heavy atom. The number of carbonyl (C=O) groups excluding carboxylic acids is 3. The minimum atomic E-state index is -0.516. The van der Waals surface area contributed by atoms with Gasteiger partial charge in [-0.25, -0.2) is 9.59 Å². The third-order valence-corrected chi connectivity index (χ3v) is 10.1. The van der Waals surface area contributed by atoms with Crippen LogP contribution in [0.25, 0.3) is 10.8 Å². The molecule has 0 unspecified atom stereocenters. The van der Waals surface area contributed by atoms with Gasteiger partial charge in [0.15, 0.2) is 0 Å². The number of ether oxygens (including phenoxy) is 2. The van der Waals surface area contributed by atoms with Crippen LogP contribution in [0.1, 0.15) is 82.5 Å². The zero-order chi connectivity index (χ0) is 36.3. The van der Waals surface area contributed by atoms with Crippen LogP contribution in [0.2, 0.25) is 0 Å². The molecule has 276 valence electrons. The molecule has 5 rings (SSSR count). The standard InChI is InChI=1S/C40H55N5O6/c1-27-24-45(28(2)26-46)38(47)34-23-32(42-39(48)41-31-16-6-5-7-17-31)20-21-36(34)51-29(3)13-10-11-22-50-37(27)25-44(4)40(49)43-35-19-12-15-30-14-8-9-18-33(30)35/h8-9,12,14-15,18-21,23,27-29,31,37,46H,5-7,10-11,13,16-17,22,24-26H2,1-4H3,(H,43,49)(H2,41,42,48)/t27-,28+,29-,37-/m1/s1. The predicted octanol–water partition coefficient (Wildman–Crippen LogP) is 7.25. The van der Waals surface area contributed by atoms with E-state index in [2.05, 4.69) is 16.0 Å². The number of likely N-dealkylation sites (N-methyl/N-ethyl adjacent to an activating group) is 1. The molecule has 11 heteroatoms. The van der Waals surface area contributed by atoms with Crippen LogP contribution in [0.4, 0.5) is 21.0 Å². The monoisotopic (exact) mass is 701 g/mol. The molecule has 2 aliphatic rings. The van der Waals surface area contributed by atoms with Crippen LogP contribution in [-0.2, 0) is 4.74 Å². The van der Waals surface area contributed by atoms with Gasteiger partial charge in [0.05, 0.1) is 36.1 Å². The molecule has 0 aromatic heterocycles. The molecular formula is C40H55N5O6. The molecule has 4 atom stereocenters. The summed E-state index contributed by atoms with van der Waals surface area (Å²) in [4.78, 5) is 44.1. The average molecular weight is 702 g/mol. The highest BCUT2D eigenvalue weighted by Gasteiger charge is 2.31. The maximum atomic E-state index is 14.5. The average Bonchev–Trinajstić information content (AvgIpc) is 3.13. The molecule has 0 spiro atoms. The smallest absolute Gasteiger partial charge is 0.321 e. The molecule has 11 nitrogen and oxygen atoms in total. The van der Waals surface area contributed by atoms with Crippen molar-refractivity contribution in [2.75, 3.05) is 44.0 Å². The minimum Gasteiger partial charge on any atom is -0.490 e. The van der Waals surface area contributed by atoms with Crippen molar-refractivity contribution in [3.05, 3.63) is 66.2 Å². The van der Waals surface area contributed by atoms with E-state index < -0.39 is 6.04 Å². The normalized spacial score (nSPS) is 21.5.